The van der Waals surface area contributed by atoms with E-state index >= 15 is 0 Å². The molecule has 0 radical (unpaired) electrons. The summed E-state index contributed by atoms with van der Waals surface area (Å²) in [6, 6.07) is 22.3. The lowest BCUT2D eigenvalue weighted by atomic mass is 9.95. The molecule has 8 rings (SSSR count). The molecule has 0 bridgehead atoms. The summed E-state index contributed by atoms with van der Waals surface area (Å²) in [4.78, 5) is 68.6. The smallest absolute Gasteiger partial charge is 0.301 e. The summed E-state index contributed by atoms with van der Waals surface area (Å²) in [5.41, 5.74) is 15.1. The third-order valence-corrected chi connectivity index (χ3v) is 12.8. The molecule has 2 aromatic carbocycles. The van der Waals surface area contributed by atoms with Gasteiger partial charge >= 0.3 is 5.56 Å². The Kier molecular flexibility index (Phi) is 11.5. The monoisotopic (exact) mass is 846 g/mol. The predicted molar refractivity (Wildman–Crippen MR) is 230 cm³/mol. The highest BCUT2D eigenvalue weighted by Crippen LogP contribution is 2.34. The number of hydrogen-bond donors (Lipinski definition) is 5. The molecule has 3 amide bonds. The molecule has 0 aliphatic carbocycles. The van der Waals surface area contributed by atoms with E-state index in [4.69, 9.17) is 11.5 Å². The van der Waals surface area contributed by atoms with Crippen LogP contribution in [0.2, 0.25) is 0 Å². The van der Waals surface area contributed by atoms with Crippen molar-refractivity contribution < 1.29 is 14.4 Å². The van der Waals surface area contributed by atoms with Gasteiger partial charge in [0.05, 0.1) is 35.0 Å². The van der Waals surface area contributed by atoms with Crippen molar-refractivity contribution >= 4 is 78.5 Å². The molecule has 1 fully saturated rings. The maximum atomic E-state index is 13.7. The van der Waals surface area contributed by atoms with E-state index in [1.54, 1.807) is 12.1 Å². The number of piperidine rings is 1. The number of azo groups is 1. The van der Waals surface area contributed by atoms with Gasteiger partial charge in [-0.2, -0.15) is 4.68 Å². The van der Waals surface area contributed by atoms with E-state index in [-0.39, 0.29) is 39.5 Å². The van der Waals surface area contributed by atoms with Crippen LogP contribution in [-0.4, -0.2) is 73.5 Å². The molecule has 19 heteroatoms. The highest BCUT2D eigenvalue weighted by molar-refractivity contribution is 7.21. The van der Waals surface area contributed by atoms with E-state index in [1.807, 2.05) is 73.0 Å². The largest absolute Gasteiger partial charge is 0.397 e. The maximum Gasteiger partial charge on any atom is 0.301 e. The Morgan fingerprint density at radius 1 is 0.966 bits per heavy atom. The molecular weight excluding hydrogens is 809 g/mol. The van der Waals surface area contributed by atoms with Gasteiger partial charge in [-0.3, -0.25) is 24.3 Å². The number of anilines is 1. The van der Waals surface area contributed by atoms with E-state index in [2.05, 4.69) is 45.8 Å². The van der Waals surface area contributed by atoms with Crippen molar-refractivity contribution in [3.63, 3.8) is 0 Å². The number of thiazole rings is 2. The zero-order valence-electron chi connectivity index (χ0n) is 31.6. The standard InChI is InChI=1S/C40H38N12O4S3/c1-22(27-13-12-26-30(41)33(34(42)53)59-37(26)46-27)45-35(54)25-14-17-51(18-15-25)19-16-43-36(55)29-20-44-39(58-29)49-48-32-31(24-10-6-3-7-11-24)50-52(38(32)56)40-47-28(21-57-40)23-8-4-2-5-9-23/h2-13,20-22,25,50H,14-19,41H2,1H3,(H2,42,53)(H,43,55)(H,45,54). The lowest BCUT2D eigenvalue weighted by molar-refractivity contribution is -0.127. The molecule has 0 spiro atoms. The summed E-state index contributed by atoms with van der Waals surface area (Å²) in [5, 5.41) is 21.0. The van der Waals surface area contributed by atoms with Crippen LogP contribution in [0.25, 0.3) is 37.9 Å². The quantitative estimate of drug-likeness (QED) is 0.0803. The number of thiophene rings is 1. The number of fused-ring (bicyclic) bond motifs is 1. The molecule has 7 aromatic rings. The number of hydrogen-bond acceptors (Lipinski definition) is 14. The Hall–Kier alpha value is -6.41. The van der Waals surface area contributed by atoms with Crippen molar-refractivity contribution in [2.75, 3.05) is 31.9 Å². The van der Waals surface area contributed by atoms with Gasteiger partial charge in [-0.05, 0) is 45.0 Å². The number of pyridine rings is 1. The van der Waals surface area contributed by atoms with Crippen LogP contribution in [0.3, 0.4) is 0 Å². The number of primary amides is 1. The molecule has 1 aliphatic rings. The van der Waals surface area contributed by atoms with Crippen LogP contribution in [0.15, 0.2) is 99.4 Å². The fraction of sp³-hybridized carbons (Fsp3) is 0.225. The molecule has 1 atom stereocenters. The Morgan fingerprint density at radius 2 is 1.69 bits per heavy atom. The third-order valence-electron chi connectivity index (χ3n) is 9.95. The number of amides is 3. The van der Waals surface area contributed by atoms with Crippen molar-refractivity contribution in [1.82, 2.24) is 40.3 Å². The van der Waals surface area contributed by atoms with Gasteiger partial charge in [0.1, 0.15) is 14.6 Å². The number of H-pyrrole nitrogens is 1. The van der Waals surface area contributed by atoms with E-state index in [0.29, 0.717) is 76.3 Å². The normalized spacial score (nSPS) is 14.2. The summed E-state index contributed by atoms with van der Waals surface area (Å²) in [6.07, 6.45) is 2.81. The average Bonchev–Trinajstić information content (AvgIpc) is 4.07. The van der Waals surface area contributed by atoms with Crippen molar-refractivity contribution in [1.29, 1.82) is 0 Å². The molecule has 300 valence electrons. The van der Waals surface area contributed by atoms with Crippen molar-refractivity contribution in [2.45, 2.75) is 25.8 Å². The summed E-state index contributed by atoms with van der Waals surface area (Å²) in [7, 11) is 0. The number of rotatable bonds is 13. The molecule has 1 unspecified atom stereocenters. The minimum absolute atomic E-state index is 0.0376. The maximum absolute atomic E-state index is 13.7. The van der Waals surface area contributed by atoms with Crippen LogP contribution in [0.1, 0.15) is 50.8 Å². The van der Waals surface area contributed by atoms with Crippen molar-refractivity contribution in [2.24, 2.45) is 21.9 Å². The minimum Gasteiger partial charge on any atom is -0.397 e. The number of aromatic amines is 1. The summed E-state index contributed by atoms with van der Waals surface area (Å²) >= 11 is 3.54. The second-order valence-electron chi connectivity index (χ2n) is 13.8. The van der Waals surface area contributed by atoms with Gasteiger partial charge in [-0.25, -0.2) is 15.0 Å². The number of carbonyl (C=O) groups excluding carboxylic acids is 3. The molecule has 59 heavy (non-hydrogen) atoms. The second kappa shape index (κ2) is 17.2. The Morgan fingerprint density at radius 3 is 2.42 bits per heavy atom. The number of nitrogens with one attached hydrogen (secondary N) is 3. The second-order valence-corrected chi connectivity index (χ2v) is 16.7. The fourth-order valence-electron chi connectivity index (χ4n) is 6.75. The molecule has 16 nitrogen and oxygen atoms in total. The molecular formula is C40H38N12O4S3. The highest BCUT2D eigenvalue weighted by atomic mass is 32.1. The molecule has 1 aliphatic heterocycles. The van der Waals surface area contributed by atoms with Crippen molar-refractivity contribution in [3.8, 4) is 27.6 Å². The lowest BCUT2D eigenvalue weighted by Crippen LogP contribution is -2.43. The van der Waals surface area contributed by atoms with Gasteiger partial charge in [0.2, 0.25) is 16.2 Å². The Balaban J connectivity index is 0.837. The minimum atomic E-state index is -0.594. The van der Waals surface area contributed by atoms with Gasteiger partial charge in [0.15, 0.2) is 5.69 Å². The summed E-state index contributed by atoms with van der Waals surface area (Å²) in [5.74, 6) is -1.07. The molecule has 1 saturated heterocycles. The van der Waals surface area contributed by atoms with E-state index in [1.165, 1.54) is 22.2 Å². The Labute approximate surface area is 349 Å². The summed E-state index contributed by atoms with van der Waals surface area (Å²) in [6.45, 7) is 4.33. The summed E-state index contributed by atoms with van der Waals surface area (Å²) < 4.78 is 1.36. The third kappa shape index (κ3) is 8.58. The first-order valence-electron chi connectivity index (χ1n) is 18.7. The number of carbonyl (C=O) groups is 3. The number of nitrogens with zero attached hydrogens (tertiary/aromatic N) is 7. The topological polar surface area (TPSA) is 232 Å². The molecule has 5 aromatic heterocycles. The Bertz CT molecular complexity index is 2730. The van der Waals surface area contributed by atoms with Gasteiger partial charge in [0, 0.05) is 40.9 Å². The van der Waals surface area contributed by atoms with Gasteiger partial charge in [-0.1, -0.05) is 72.0 Å². The van der Waals surface area contributed by atoms with Gasteiger partial charge in [0.25, 0.3) is 11.8 Å². The fourth-order valence-corrected chi connectivity index (χ4v) is 9.15. The van der Waals surface area contributed by atoms with Crippen LogP contribution in [0.5, 0.6) is 0 Å². The first-order valence-corrected chi connectivity index (χ1v) is 21.2. The number of likely N-dealkylation sites (tertiary alicyclic amines) is 1. The first-order chi connectivity index (χ1) is 28.6. The SMILES string of the molecule is CC(NC(=O)C1CCN(CCNC(=O)c2cnc(N=Nc3c(-c4ccccc4)[nH]n(-c4nc(-c5ccccc5)cs4)c3=O)s2)CC1)c1ccc2c(N)c(C(N)=O)sc2n1. The zero-order chi connectivity index (χ0) is 41.0. The molecule has 6 heterocycles. The number of nitrogen functional groups attached to an aromatic ring is 1. The molecule has 0 saturated carbocycles. The highest BCUT2D eigenvalue weighted by Gasteiger charge is 2.27. The lowest BCUT2D eigenvalue weighted by Gasteiger charge is -2.31. The number of benzene rings is 2. The predicted octanol–water partition coefficient (Wildman–Crippen LogP) is 6.44. The van der Waals surface area contributed by atoms with E-state index in [0.717, 1.165) is 39.5 Å². The van der Waals surface area contributed by atoms with Crippen LogP contribution in [0, 0.1) is 5.92 Å². The van der Waals surface area contributed by atoms with Crippen LogP contribution >= 0.6 is 34.0 Å². The van der Waals surface area contributed by atoms with E-state index in [9.17, 15) is 19.2 Å². The van der Waals surface area contributed by atoms with Crippen LogP contribution in [0.4, 0.5) is 16.5 Å². The molecule has 7 N–H and O–H groups in total. The van der Waals surface area contributed by atoms with Crippen LogP contribution < -0.4 is 27.7 Å². The number of aromatic nitrogens is 5. The van der Waals surface area contributed by atoms with E-state index < -0.39 is 11.5 Å². The van der Waals surface area contributed by atoms with Crippen molar-refractivity contribution in [3.05, 3.63) is 110 Å². The van der Waals surface area contributed by atoms with Gasteiger partial charge in [-0.15, -0.1) is 32.9 Å². The average molecular weight is 847 g/mol. The van der Waals surface area contributed by atoms with Crippen LogP contribution in [-0.2, 0) is 4.79 Å². The van der Waals surface area contributed by atoms with Gasteiger partial charge < -0.3 is 27.0 Å². The zero-order valence-corrected chi connectivity index (χ0v) is 34.1. The number of nitrogens with two attached hydrogens (primary N) is 2. The first kappa shape index (κ1) is 39.4.